The molecule has 1 heterocycles. The van der Waals surface area contributed by atoms with Gasteiger partial charge in [0.15, 0.2) is 0 Å². The minimum Gasteiger partial charge on any atom is -0.496 e. The largest absolute Gasteiger partial charge is 0.496 e. The fourth-order valence-electron chi connectivity index (χ4n) is 2.18. The SMILES string of the molecule is COc1ccc(Cl)cc1C(O)CC1CCOC1. The predicted octanol–water partition coefficient (Wildman–Crippen LogP) is 2.81. The highest BCUT2D eigenvalue weighted by Gasteiger charge is 2.22. The minimum atomic E-state index is -0.546. The first-order valence-corrected chi connectivity index (χ1v) is 6.17. The summed E-state index contributed by atoms with van der Waals surface area (Å²) in [4.78, 5) is 0. The van der Waals surface area contributed by atoms with E-state index in [9.17, 15) is 5.11 Å². The van der Waals surface area contributed by atoms with Gasteiger partial charge in [0.1, 0.15) is 5.75 Å². The molecule has 0 saturated carbocycles. The number of rotatable bonds is 4. The van der Waals surface area contributed by atoms with Crippen molar-refractivity contribution in [3.8, 4) is 5.75 Å². The molecule has 1 saturated heterocycles. The summed E-state index contributed by atoms with van der Waals surface area (Å²) < 4.78 is 10.5. The lowest BCUT2D eigenvalue weighted by molar-refractivity contribution is 0.127. The first-order valence-electron chi connectivity index (χ1n) is 5.80. The summed E-state index contributed by atoms with van der Waals surface area (Å²) in [6.07, 6.45) is 1.16. The maximum atomic E-state index is 10.2. The molecule has 3 nitrogen and oxygen atoms in total. The summed E-state index contributed by atoms with van der Waals surface area (Å²) in [5.41, 5.74) is 0.756. The molecule has 0 aromatic heterocycles. The number of halogens is 1. The van der Waals surface area contributed by atoms with E-state index in [4.69, 9.17) is 21.1 Å². The molecule has 4 heteroatoms. The average Bonchev–Trinajstić information content (AvgIpc) is 2.81. The second-order valence-electron chi connectivity index (χ2n) is 4.37. The van der Waals surface area contributed by atoms with Crippen LogP contribution in [0, 0.1) is 5.92 Å². The zero-order valence-electron chi connectivity index (χ0n) is 9.86. The summed E-state index contributed by atoms with van der Waals surface area (Å²) >= 11 is 5.94. The zero-order valence-corrected chi connectivity index (χ0v) is 10.6. The Morgan fingerprint density at radius 2 is 2.41 bits per heavy atom. The van der Waals surface area contributed by atoms with E-state index in [2.05, 4.69) is 0 Å². The van der Waals surface area contributed by atoms with Crippen molar-refractivity contribution in [3.05, 3.63) is 28.8 Å². The van der Waals surface area contributed by atoms with Gasteiger partial charge in [0, 0.05) is 23.8 Å². The van der Waals surface area contributed by atoms with Crippen molar-refractivity contribution in [1.82, 2.24) is 0 Å². The van der Waals surface area contributed by atoms with Crippen molar-refractivity contribution in [2.24, 2.45) is 5.92 Å². The highest BCUT2D eigenvalue weighted by molar-refractivity contribution is 6.30. The molecule has 2 atom stereocenters. The molecule has 1 aliphatic heterocycles. The number of methoxy groups -OCH3 is 1. The molecule has 1 fully saturated rings. The Morgan fingerprint density at radius 1 is 1.59 bits per heavy atom. The van der Waals surface area contributed by atoms with E-state index < -0.39 is 6.10 Å². The van der Waals surface area contributed by atoms with Crippen molar-refractivity contribution < 1.29 is 14.6 Å². The van der Waals surface area contributed by atoms with E-state index in [-0.39, 0.29) is 0 Å². The van der Waals surface area contributed by atoms with Crippen molar-refractivity contribution in [2.75, 3.05) is 20.3 Å². The quantitative estimate of drug-likeness (QED) is 0.900. The fraction of sp³-hybridized carbons (Fsp3) is 0.538. The van der Waals surface area contributed by atoms with Crippen LogP contribution in [-0.4, -0.2) is 25.4 Å². The standard InChI is InChI=1S/C13H17ClO3/c1-16-13-3-2-10(14)7-11(13)12(15)6-9-4-5-17-8-9/h2-3,7,9,12,15H,4-6,8H2,1H3. The van der Waals surface area contributed by atoms with Gasteiger partial charge in [0.05, 0.1) is 13.2 Å². The van der Waals surface area contributed by atoms with Crippen LogP contribution in [0.5, 0.6) is 5.75 Å². The van der Waals surface area contributed by atoms with Gasteiger partial charge in [0.25, 0.3) is 0 Å². The molecular weight excluding hydrogens is 240 g/mol. The molecular formula is C13H17ClO3. The minimum absolute atomic E-state index is 0.425. The van der Waals surface area contributed by atoms with Crippen LogP contribution < -0.4 is 4.74 Å². The number of benzene rings is 1. The average molecular weight is 257 g/mol. The number of ether oxygens (including phenoxy) is 2. The second-order valence-corrected chi connectivity index (χ2v) is 4.80. The topological polar surface area (TPSA) is 38.7 Å². The Labute approximate surface area is 106 Å². The van der Waals surface area contributed by atoms with Crippen molar-refractivity contribution in [3.63, 3.8) is 0 Å². The molecule has 94 valence electrons. The van der Waals surface area contributed by atoms with E-state index in [1.165, 1.54) is 0 Å². The Hall–Kier alpha value is -0.770. The van der Waals surface area contributed by atoms with Crippen LogP contribution in [0.15, 0.2) is 18.2 Å². The Morgan fingerprint density at radius 3 is 3.06 bits per heavy atom. The van der Waals surface area contributed by atoms with Gasteiger partial charge in [-0.1, -0.05) is 11.6 Å². The van der Waals surface area contributed by atoms with E-state index in [0.717, 1.165) is 25.2 Å². The lowest BCUT2D eigenvalue weighted by Gasteiger charge is -2.17. The van der Waals surface area contributed by atoms with Gasteiger partial charge < -0.3 is 14.6 Å². The molecule has 0 spiro atoms. The van der Waals surface area contributed by atoms with E-state index >= 15 is 0 Å². The molecule has 0 bridgehead atoms. The lowest BCUT2D eigenvalue weighted by Crippen LogP contribution is -2.08. The molecule has 17 heavy (non-hydrogen) atoms. The monoisotopic (exact) mass is 256 g/mol. The molecule has 1 N–H and O–H groups in total. The maximum Gasteiger partial charge on any atom is 0.124 e. The first-order chi connectivity index (χ1) is 8.20. The molecule has 1 aromatic carbocycles. The van der Waals surface area contributed by atoms with Crippen LogP contribution in [-0.2, 0) is 4.74 Å². The van der Waals surface area contributed by atoms with Gasteiger partial charge in [-0.25, -0.2) is 0 Å². The number of hydrogen-bond acceptors (Lipinski definition) is 3. The Kier molecular flexibility index (Phi) is 4.26. The highest BCUT2D eigenvalue weighted by Crippen LogP contribution is 2.33. The van der Waals surface area contributed by atoms with E-state index in [1.54, 1.807) is 25.3 Å². The third kappa shape index (κ3) is 3.12. The number of hydrogen-bond donors (Lipinski definition) is 1. The molecule has 0 radical (unpaired) electrons. The van der Waals surface area contributed by atoms with E-state index in [0.29, 0.717) is 23.1 Å². The summed E-state index contributed by atoms with van der Waals surface area (Å²) in [6, 6.07) is 5.31. The highest BCUT2D eigenvalue weighted by atomic mass is 35.5. The number of aliphatic hydroxyl groups excluding tert-OH is 1. The summed E-state index contributed by atoms with van der Waals surface area (Å²) in [5.74, 6) is 1.11. The van der Waals surface area contributed by atoms with Gasteiger partial charge in [-0.3, -0.25) is 0 Å². The molecule has 1 aliphatic rings. The third-order valence-electron chi connectivity index (χ3n) is 3.13. The Bertz CT molecular complexity index is 375. The van der Waals surface area contributed by atoms with Gasteiger partial charge in [-0.05, 0) is 37.0 Å². The molecule has 1 aromatic rings. The van der Waals surface area contributed by atoms with Crippen LogP contribution in [0.2, 0.25) is 5.02 Å². The molecule has 0 aliphatic carbocycles. The summed E-state index contributed by atoms with van der Waals surface area (Å²) in [5, 5.41) is 10.8. The van der Waals surface area contributed by atoms with Crippen molar-refractivity contribution >= 4 is 11.6 Å². The second kappa shape index (κ2) is 5.71. The van der Waals surface area contributed by atoms with Crippen LogP contribution >= 0.6 is 11.6 Å². The summed E-state index contributed by atoms with van der Waals surface area (Å²) in [6.45, 7) is 1.53. The Balaban J connectivity index is 2.11. The van der Waals surface area contributed by atoms with Crippen LogP contribution in [0.4, 0.5) is 0 Å². The first kappa shape index (κ1) is 12.7. The van der Waals surface area contributed by atoms with Gasteiger partial charge in [0.2, 0.25) is 0 Å². The zero-order chi connectivity index (χ0) is 12.3. The normalized spacial score (nSPS) is 21.5. The lowest BCUT2D eigenvalue weighted by atomic mass is 9.96. The summed E-state index contributed by atoms with van der Waals surface area (Å²) in [7, 11) is 1.60. The van der Waals surface area contributed by atoms with Gasteiger partial charge in [-0.15, -0.1) is 0 Å². The third-order valence-corrected chi connectivity index (χ3v) is 3.37. The molecule has 0 amide bonds. The number of aliphatic hydroxyl groups is 1. The van der Waals surface area contributed by atoms with Crippen LogP contribution in [0.3, 0.4) is 0 Å². The maximum absolute atomic E-state index is 10.2. The predicted molar refractivity (Wildman–Crippen MR) is 66.5 cm³/mol. The van der Waals surface area contributed by atoms with Crippen molar-refractivity contribution in [1.29, 1.82) is 0 Å². The van der Waals surface area contributed by atoms with E-state index in [1.807, 2.05) is 0 Å². The fourth-order valence-corrected chi connectivity index (χ4v) is 2.36. The smallest absolute Gasteiger partial charge is 0.124 e. The van der Waals surface area contributed by atoms with Crippen molar-refractivity contribution in [2.45, 2.75) is 18.9 Å². The van der Waals surface area contributed by atoms with Gasteiger partial charge in [-0.2, -0.15) is 0 Å². The molecule has 2 rings (SSSR count). The van der Waals surface area contributed by atoms with Crippen LogP contribution in [0.1, 0.15) is 24.5 Å². The molecule has 2 unspecified atom stereocenters. The van der Waals surface area contributed by atoms with Gasteiger partial charge >= 0.3 is 0 Å². The van der Waals surface area contributed by atoms with Crippen LogP contribution in [0.25, 0.3) is 0 Å².